The maximum Gasteiger partial charge on any atom is 0.334 e. The van der Waals surface area contributed by atoms with Crippen LogP contribution in [-0.4, -0.2) is 26.8 Å². The molecule has 0 unspecified atom stereocenters. The van der Waals surface area contributed by atoms with Crippen molar-refractivity contribution in [3.05, 3.63) is 41.0 Å². The van der Waals surface area contributed by atoms with Crippen LogP contribution in [0, 0.1) is 6.92 Å². The number of unbranched alkanes of at least 4 members (excludes halogenated alkanes) is 6. The van der Waals surface area contributed by atoms with Crippen molar-refractivity contribution in [1.29, 1.82) is 0 Å². The lowest BCUT2D eigenvalue weighted by Gasteiger charge is -2.18. The Morgan fingerprint density at radius 1 is 0.871 bits per heavy atom. The minimum absolute atomic E-state index is 0.248. The highest BCUT2D eigenvalue weighted by atomic mass is 16.5. The Kier molecular flexibility index (Phi) is 10.4. The van der Waals surface area contributed by atoms with Gasteiger partial charge < -0.3 is 14.2 Å². The maximum atomic E-state index is 12.7. The lowest BCUT2D eigenvalue weighted by molar-refractivity contribution is -0.138. The molecular formula is C27H38O4. The first-order chi connectivity index (χ1) is 15.1. The maximum absolute atomic E-state index is 12.7. The van der Waals surface area contributed by atoms with E-state index in [2.05, 4.69) is 6.92 Å². The van der Waals surface area contributed by atoms with Gasteiger partial charge in [0.1, 0.15) is 11.5 Å². The van der Waals surface area contributed by atoms with Gasteiger partial charge in [0.2, 0.25) is 0 Å². The van der Waals surface area contributed by atoms with Crippen molar-refractivity contribution in [3.8, 4) is 11.5 Å². The Labute approximate surface area is 187 Å². The molecule has 2 rings (SSSR count). The molecule has 0 aliphatic rings. The van der Waals surface area contributed by atoms with E-state index in [1.54, 1.807) is 14.2 Å². The van der Waals surface area contributed by atoms with Gasteiger partial charge in [0, 0.05) is 27.5 Å². The van der Waals surface area contributed by atoms with Crippen molar-refractivity contribution < 1.29 is 19.0 Å². The van der Waals surface area contributed by atoms with E-state index in [1.807, 2.05) is 44.2 Å². The summed E-state index contributed by atoms with van der Waals surface area (Å²) < 4.78 is 16.9. The summed E-state index contributed by atoms with van der Waals surface area (Å²) >= 11 is 0. The quantitative estimate of drug-likeness (QED) is 0.192. The van der Waals surface area contributed by atoms with Crippen LogP contribution in [0.25, 0.3) is 16.8 Å². The lowest BCUT2D eigenvalue weighted by atomic mass is 9.95. The SMILES string of the molecule is CCCCCCCCCC(=Cc1c(C)c(OC)c2ccccc2c1OC)C(=O)OCC. The molecule has 0 saturated heterocycles. The third-order valence-electron chi connectivity index (χ3n) is 5.72. The average molecular weight is 427 g/mol. The molecule has 0 fully saturated rings. The predicted octanol–water partition coefficient (Wildman–Crippen LogP) is 7.25. The van der Waals surface area contributed by atoms with E-state index < -0.39 is 0 Å². The smallest absolute Gasteiger partial charge is 0.334 e. The zero-order valence-corrected chi connectivity index (χ0v) is 19.9. The second-order valence-electron chi connectivity index (χ2n) is 7.91. The van der Waals surface area contributed by atoms with Crippen LogP contribution in [0.3, 0.4) is 0 Å². The molecule has 0 radical (unpaired) electrons. The van der Waals surface area contributed by atoms with Crippen LogP contribution in [-0.2, 0) is 9.53 Å². The molecule has 4 nitrogen and oxygen atoms in total. The third kappa shape index (κ3) is 6.49. The summed E-state index contributed by atoms with van der Waals surface area (Å²) in [5.41, 5.74) is 2.53. The van der Waals surface area contributed by atoms with Gasteiger partial charge in [-0.05, 0) is 32.8 Å². The summed E-state index contributed by atoms with van der Waals surface area (Å²) in [5.74, 6) is 1.32. The number of hydrogen-bond donors (Lipinski definition) is 0. The van der Waals surface area contributed by atoms with Crippen LogP contribution < -0.4 is 9.47 Å². The Balaban J connectivity index is 2.37. The summed E-state index contributed by atoms with van der Waals surface area (Å²) in [6, 6.07) is 8.03. The Hall–Kier alpha value is -2.49. The molecular weight excluding hydrogens is 388 g/mol. The van der Waals surface area contributed by atoms with E-state index in [9.17, 15) is 4.79 Å². The largest absolute Gasteiger partial charge is 0.496 e. The second kappa shape index (κ2) is 13.0. The third-order valence-corrected chi connectivity index (χ3v) is 5.72. The van der Waals surface area contributed by atoms with Crippen LogP contribution in [0.15, 0.2) is 29.8 Å². The molecule has 4 heteroatoms. The van der Waals surface area contributed by atoms with Gasteiger partial charge in [0.15, 0.2) is 0 Å². The molecule has 0 aliphatic heterocycles. The number of rotatable bonds is 13. The van der Waals surface area contributed by atoms with Crippen molar-refractivity contribution in [1.82, 2.24) is 0 Å². The summed E-state index contributed by atoms with van der Waals surface area (Å²) in [4.78, 5) is 12.7. The van der Waals surface area contributed by atoms with Crippen LogP contribution >= 0.6 is 0 Å². The van der Waals surface area contributed by atoms with E-state index in [0.717, 1.165) is 46.2 Å². The summed E-state index contributed by atoms with van der Waals surface area (Å²) in [7, 11) is 3.35. The predicted molar refractivity (Wildman–Crippen MR) is 129 cm³/mol. The van der Waals surface area contributed by atoms with E-state index in [1.165, 1.54) is 32.1 Å². The van der Waals surface area contributed by atoms with Gasteiger partial charge >= 0.3 is 5.97 Å². The molecule has 0 atom stereocenters. The standard InChI is InChI=1S/C27H38O4/c1-6-8-9-10-11-12-13-16-21(27(28)31-7-2)19-24-20(3)25(29-4)22-17-14-15-18-23(22)26(24)30-5/h14-15,17-19H,6-13,16H2,1-5H3. The zero-order valence-electron chi connectivity index (χ0n) is 19.9. The fourth-order valence-corrected chi connectivity index (χ4v) is 4.08. The van der Waals surface area contributed by atoms with Crippen LogP contribution in [0.5, 0.6) is 11.5 Å². The first kappa shape index (κ1) is 24.8. The van der Waals surface area contributed by atoms with E-state index in [-0.39, 0.29) is 5.97 Å². The molecule has 0 amide bonds. The lowest BCUT2D eigenvalue weighted by Crippen LogP contribution is -2.08. The van der Waals surface area contributed by atoms with Crippen LogP contribution in [0.2, 0.25) is 0 Å². The molecule has 31 heavy (non-hydrogen) atoms. The Bertz CT molecular complexity index is 882. The Morgan fingerprint density at radius 2 is 1.45 bits per heavy atom. The van der Waals surface area contributed by atoms with Crippen molar-refractivity contribution in [3.63, 3.8) is 0 Å². The zero-order chi connectivity index (χ0) is 22.6. The second-order valence-corrected chi connectivity index (χ2v) is 7.91. The summed E-state index contributed by atoms with van der Waals surface area (Å²) in [5, 5.41) is 1.97. The summed E-state index contributed by atoms with van der Waals surface area (Å²) in [6.07, 6.45) is 11.1. The monoisotopic (exact) mass is 426 g/mol. The molecule has 2 aromatic carbocycles. The highest BCUT2D eigenvalue weighted by molar-refractivity contribution is 6.01. The first-order valence-electron chi connectivity index (χ1n) is 11.6. The molecule has 0 aromatic heterocycles. The van der Waals surface area contributed by atoms with Crippen molar-refractivity contribution in [2.24, 2.45) is 0 Å². The van der Waals surface area contributed by atoms with Crippen molar-refractivity contribution in [2.75, 3.05) is 20.8 Å². The highest BCUT2D eigenvalue weighted by Gasteiger charge is 2.19. The average Bonchev–Trinajstić information content (AvgIpc) is 2.78. The van der Waals surface area contributed by atoms with Gasteiger partial charge in [0.25, 0.3) is 0 Å². The number of methoxy groups -OCH3 is 2. The molecule has 170 valence electrons. The van der Waals surface area contributed by atoms with E-state index in [4.69, 9.17) is 14.2 Å². The molecule has 0 spiro atoms. The fourth-order valence-electron chi connectivity index (χ4n) is 4.08. The molecule has 0 saturated carbocycles. The molecule has 0 bridgehead atoms. The minimum atomic E-state index is -0.248. The van der Waals surface area contributed by atoms with E-state index >= 15 is 0 Å². The fraction of sp³-hybridized carbons (Fsp3) is 0.519. The number of esters is 1. The van der Waals surface area contributed by atoms with Gasteiger partial charge in [-0.3, -0.25) is 0 Å². The molecule has 2 aromatic rings. The van der Waals surface area contributed by atoms with Gasteiger partial charge in [-0.25, -0.2) is 4.79 Å². The molecule has 0 N–H and O–H groups in total. The highest BCUT2D eigenvalue weighted by Crippen LogP contribution is 2.41. The topological polar surface area (TPSA) is 44.8 Å². The van der Waals surface area contributed by atoms with Crippen molar-refractivity contribution >= 4 is 22.8 Å². The number of fused-ring (bicyclic) bond motifs is 1. The first-order valence-corrected chi connectivity index (χ1v) is 11.6. The minimum Gasteiger partial charge on any atom is -0.496 e. The van der Waals surface area contributed by atoms with Crippen LogP contribution in [0.4, 0.5) is 0 Å². The van der Waals surface area contributed by atoms with Gasteiger partial charge in [-0.15, -0.1) is 0 Å². The molecule has 0 aliphatic carbocycles. The van der Waals surface area contributed by atoms with Gasteiger partial charge in [-0.1, -0.05) is 69.7 Å². The Morgan fingerprint density at radius 3 is 2.03 bits per heavy atom. The van der Waals surface area contributed by atoms with Gasteiger partial charge in [0.05, 0.1) is 20.8 Å². The number of ether oxygens (including phenoxy) is 3. The normalized spacial score (nSPS) is 11.6. The van der Waals surface area contributed by atoms with Crippen LogP contribution in [0.1, 0.15) is 76.3 Å². The number of hydrogen-bond acceptors (Lipinski definition) is 4. The number of carbonyl (C=O) groups is 1. The number of carbonyl (C=O) groups excluding carboxylic acids is 1. The summed E-state index contributed by atoms with van der Waals surface area (Å²) in [6.45, 7) is 6.45. The van der Waals surface area contributed by atoms with Gasteiger partial charge in [-0.2, -0.15) is 0 Å². The van der Waals surface area contributed by atoms with E-state index in [0.29, 0.717) is 18.6 Å². The molecule has 0 heterocycles. The van der Waals surface area contributed by atoms with Crippen molar-refractivity contribution in [2.45, 2.75) is 72.1 Å². The number of benzene rings is 2.